The van der Waals surface area contributed by atoms with Gasteiger partial charge >= 0.3 is 0 Å². The molecule has 0 aliphatic rings. The van der Waals surface area contributed by atoms with Gasteiger partial charge in [0.2, 0.25) is 0 Å². The molecule has 0 N–H and O–H groups in total. The van der Waals surface area contributed by atoms with Crippen molar-refractivity contribution in [2.45, 2.75) is 0 Å². The van der Waals surface area contributed by atoms with Crippen LogP contribution < -0.4 is 0 Å². The van der Waals surface area contributed by atoms with Crippen molar-refractivity contribution in [1.82, 2.24) is 14.5 Å². The Morgan fingerprint density at radius 1 is 0.545 bits per heavy atom. The van der Waals surface area contributed by atoms with E-state index in [4.69, 9.17) is 9.97 Å². The Morgan fingerprint density at radius 2 is 1.27 bits per heavy atom. The molecule has 3 heteroatoms. The highest BCUT2D eigenvalue weighted by Crippen LogP contribution is 2.34. The van der Waals surface area contributed by atoms with Gasteiger partial charge in [0.25, 0.3) is 0 Å². The number of hydrogen-bond acceptors (Lipinski definition) is 2. The van der Waals surface area contributed by atoms with Gasteiger partial charge in [-0.1, -0.05) is 84.9 Å². The van der Waals surface area contributed by atoms with Crippen LogP contribution in [0.4, 0.5) is 0 Å². The molecule has 154 valence electrons. The Balaban J connectivity index is 1.51. The normalized spacial score (nSPS) is 11.6. The molecular formula is C30H19N3. The zero-order chi connectivity index (χ0) is 21.8. The second-order valence-corrected chi connectivity index (χ2v) is 8.34. The fraction of sp³-hybridized carbons (Fsp3) is 0. The average Bonchev–Trinajstić information content (AvgIpc) is 3.22. The molecule has 5 aromatic carbocycles. The van der Waals surface area contributed by atoms with Crippen molar-refractivity contribution in [2.75, 3.05) is 0 Å². The molecule has 0 spiro atoms. The maximum atomic E-state index is 5.02. The van der Waals surface area contributed by atoms with E-state index in [9.17, 15) is 0 Å². The zero-order valence-electron chi connectivity index (χ0n) is 17.8. The molecule has 0 aliphatic carbocycles. The lowest BCUT2D eigenvalue weighted by atomic mass is 10.1. The van der Waals surface area contributed by atoms with Crippen molar-refractivity contribution < 1.29 is 0 Å². The van der Waals surface area contributed by atoms with Gasteiger partial charge in [0, 0.05) is 39.0 Å². The van der Waals surface area contributed by atoms with Crippen molar-refractivity contribution in [3.63, 3.8) is 0 Å². The summed E-state index contributed by atoms with van der Waals surface area (Å²) < 4.78 is 2.32. The van der Waals surface area contributed by atoms with Crippen LogP contribution in [0.1, 0.15) is 0 Å². The Hall–Kier alpha value is -4.50. The molecule has 0 radical (unpaired) electrons. The highest BCUT2D eigenvalue weighted by atomic mass is 15.0. The Morgan fingerprint density at radius 3 is 2.18 bits per heavy atom. The molecule has 7 aromatic rings. The SMILES string of the molecule is c1ccc(-n2c3ccccc3c3ccc(-c4ncc5ccc6ccccc6c5n4)cc32)cc1. The van der Waals surface area contributed by atoms with Gasteiger partial charge in [-0.25, -0.2) is 9.97 Å². The molecular weight excluding hydrogens is 402 g/mol. The first kappa shape index (κ1) is 18.1. The van der Waals surface area contributed by atoms with Gasteiger partial charge < -0.3 is 4.57 Å². The van der Waals surface area contributed by atoms with Crippen LogP contribution in [0.3, 0.4) is 0 Å². The van der Waals surface area contributed by atoms with Crippen LogP contribution in [0.15, 0.2) is 115 Å². The molecule has 2 heterocycles. The monoisotopic (exact) mass is 421 g/mol. The smallest absolute Gasteiger partial charge is 0.159 e. The fourth-order valence-corrected chi connectivity index (χ4v) is 4.87. The summed E-state index contributed by atoms with van der Waals surface area (Å²) in [7, 11) is 0. The summed E-state index contributed by atoms with van der Waals surface area (Å²) in [5.41, 5.74) is 5.49. The highest BCUT2D eigenvalue weighted by Gasteiger charge is 2.14. The van der Waals surface area contributed by atoms with Gasteiger partial charge in [-0.05, 0) is 29.7 Å². The zero-order valence-corrected chi connectivity index (χ0v) is 17.8. The molecule has 0 bridgehead atoms. The molecule has 0 atom stereocenters. The van der Waals surface area contributed by atoms with Crippen LogP contribution in [0.5, 0.6) is 0 Å². The first-order valence-corrected chi connectivity index (χ1v) is 11.1. The van der Waals surface area contributed by atoms with Crippen LogP contribution >= 0.6 is 0 Å². The number of para-hydroxylation sites is 2. The molecule has 0 aliphatic heterocycles. The van der Waals surface area contributed by atoms with Crippen molar-refractivity contribution in [1.29, 1.82) is 0 Å². The van der Waals surface area contributed by atoms with E-state index in [1.54, 1.807) is 0 Å². The predicted octanol–water partition coefficient (Wildman–Crippen LogP) is 7.55. The van der Waals surface area contributed by atoms with Gasteiger partial charge in [0.1, 0.15) is 0 Å². The number of rotatable bonds is 2. The Labute approximate surface area is 190 Å². The molecule has 33 heavy (non-hydrogen) atoms. The maximum absolute atomic E-state index is 5.02. The standard InChI is InChI=1S/C30H19N3/c1-2-9-23(10-3-1)33-27-13-7-6-12-25(27)26-17-16-21(18-28(26)33)30-31-19-22-15-14-20-8-4-5-11-24(20)29(22)32-30/h1-19H. The van der Waals surface area contributed by atoms with Crippen molar-refractivity contribution in [3.8, 4) is 17.1 Å². The summed E-state index contributed by atoms with van der Waals surface area (Å²) in [6.07, 6.45) is 1.93. The van der Waals surface area contributed by atoms with Crippen molar-refractivity contribution in [3.05, 3.63) is 115 Å². The summed E-state index contributed by atoms with van der Waals surface area (Å²) in [4.78, 5) is 9.74. The van der Waals surface area contributed by atoms with Crippen LogP contribution in [0.25, 0.3) is 60.6 Å². The largest absolute Gasteiger partial charge is 0.309 e. The van der Waals surface area contributed by atoms with E-state index in [1.165, 1.54) is 21.7 Å². The Kier molecular flexibility index (Phi) is 3.84. The molecule has 0 saturated carbocycles. The number of fused-ring (bicyclic) bond motifs is 6. The third kappa shape index (κ3) is 2.76. The van der Waals surface area contributed by atoms with Crippen LogP contribution in [0, 0.1) is 0 Å². The van der Waals surface area contributed by atoms with E-state index in [0.29, 0.717) is 0 Å². The van der Waals surface area contributed by atoms with E-state index in [2.05, 4.69) is 114 Å². The minimum absolute atomic E-state index is 0.741. The van der Waals surface area contributed by atoms with Crippen molar-refractivity contribution in [2.24, 2.45) is 0 Å². The molecule has 2 aromatic heterocycles. The first-order chi connectivity index (χ1) is 16.4. The molecule has 0 amide bonds. The maximum Gasteiger partial charge on any atom is 0.159 e. The molecule has 0 unspecified atom stereocenters. The number of aromatic nitrogens is 3. The topological polar surface area (TPSA) is 30.7 Å². The van der Waals surface area contributed by atoms with Gasteiger partial charge in [0.15, 0.2) is 5.82 Å². The van der Waals surface area contributed by atoms with Gasteiger partial charge in [0.05, 0.1) is 16.6 Å². The minimum Gasteiger partial charge on any atom is -0.309 e. The summed E-state index contributed by atoms with van der Waals surface area (Å²) in [6, 6.07) is 38.2. The summed E-state index contributed by atoms with van der Waals surface area (Å²) in [5.74, 6) is 0.741. The van der Waals surface area contributed by atoms with E-state index >= 15 is 0 Å². The lowest BCUT2D eigenvalue weighted by molar-refractivity contribution is 1.18. The summed E-state index contributed by atoms with van der Waals surface area (Å²) >= 11 is 0. The first-order valence-electron chi connectivity index (χ1n) is 11.1. The number of benzene rings is 5. The van der Waals surface area contributed by atoms with Crippen LogP contribution in [-0.2, 0) is 0 Å². The lowest BCUT2D eigenvalue weighted by Crippen LogP contribution is -1.94. The minimum atomic E-state index is 0.741. The fourth-order valence-electron chi connectivity index (χ4n) is 4.87. The van der Waals surface area contributed by atoms with E-state index in [1.807, 2.05) is 6.20 Å². The average molecular weight is 422 g/mol. The van der Waals surface area contributed by atoms with Gasteiger partial charge in [-0.2, -0.15) is 0 Å². The van der Waals surface area contributed by atoms with E-state index in [-0.39, 0.29) is 0 Å². The second kappa shape index (κ2) is 7.01. The molecule has 3 nitrogen and oxygen atoms in total. The second-order valence-electron chi connectivity index (χ2n) is 8.34. The van der Waals surface area contributed by atoms with E-state index in [0.717, 1.165) is 38.9 Å². The number of hydrogen-bond donors (Lipinski definition) is 0. The summed E-state index contributed by atoms with van der Waals surface area (Å²) in [5, 5.41) is 5.86. The summed E-state index contributed by atoms with van der Waals surface area (Å²) in [6.45, 7) is 0. The third-order valence-electron chi connectivity index (χ3n) is 6.42. The predicted molar refractivity (Wildman–Crippen MR) is 137 cm³/mol. The Bertz CT molecular complexity index is 1810. The van der Waals surface area contributed by atoms with Crippen LogP contribution in [-0.4, -0.2) is 14.5 Å². The lowest BCUT2D eigenvalue weighted by Gasteiger charge is -2.09. The highest BCUT2D eigenvalue weighted by molar-refractivity contribution is 6.10. The van der Waals surface area contributed by atoms with Gasteiger partial charge in [-0.3, -0.25) is 0 Å². The number of nitrogens with zero attached hydrogens (tertiary/aromatic N) is 3. The van der Waals surface area contributed by atoms with Crippen LogP contribution in [0.2, 0.25) is 0 Å². The molecule has 7 rings (SSSR count). The van der Waals surface area contributed by atoms with Crippen molar-refractivity contribution >= 4 is 43.5 Å². The van der Waals surface area contributed by atoms with E-state index < -0.39 is 0 Å². The quantitative estimate of drug-likeness (QED) is 0.270. The third-order valence-corrected chi connectivity index (χ3v) is 6.42. The molecule has 0 saturated heterocycles. The molecule has 0 fully saturated rings. The van der Waals surface area contributed by atoms with Gasteiger partial charge in [-0.15, -0.1) is 0 Å².